The van der Waals surface area contributed by atoms with E-state index in [1.54, 1.807) is 30.3 Å². The van der Waals surface area contributed by atoms with E-state index in [4.69, 9.17) is 16.3 Å². The number of ether oxygens (including phenoxy) is 1. The quantitative estimate of drug-likeness (QED) is 0.648. The van der Waals surface area contributed by atoms with Crippen LogP contribution in [0.5, 0.6) is 5.75 Å². The Kier molecular flexibility index (Phi) is 6.97. The Balaban J connectivity index is 1.76. The van der Waals surface area contributed by atoms with Crippen molar-refractivity contribution >= 4 is 40.9 Å². The Morgan fingerprint density at radius 1 is 1.28 bits per heavy atom. The van der Waals surface area contributed by atoms with Gasteiger partial charge in [0.05, 0.1) is 12.7 Å². The minimum atomic E-state index is -2.54. The number of hydrogen-bond donors (Lipinski definition) is 1. The summed E-state index contributed by atoms with van der Waals surface area (Å²) in [7, 11) is 1.46. The summed E-state index contributed by atoms with van der Waals surface area (Å²) in [5, 5.41) is 3.12. The Morgan fingerprint density at radius 3 is 2.79 bits per heavy atom. The van der Waals surface area contributed by atoms with Gasteiger partial charge in [0.2, 0.25) is 5.91 Å². The highest BCUT2D eigenvalue weighted by molar-refractivity contribution is 7.99. The molecule has 1 heterocycles. The lowest BCUT2D eigenvalue weighted by Crippen LogP contribution is -2.43. The van der Waals surface area contributed by atoms with Gasteiger partial charge in [-0.25, -0.2) is 0 Å². The summed E-state index contributed by atoms with van der Waals surface area (Å²) >= 11 is 6.43. The number of thioether (sulfide) groups is 1. The number of methoxy groups -OCH3 is 1. The van der Waals surface area contributed by atoms with Crippen LogP contribution in [0, 0.1) is 0 Å². The molecule has 1 fully saturated rings. The van der Waals surface area contributed by atoms with Crippen molar-refractivity contribution in [3.05, 3.63) is 53.1 Å². The number of carbonyl (C=O) groups excluding carboxylic acids is 2. The monoisotopic (exact) mass is 440 g/mol. The van der Waals surface area contributed by atoms with Crippen LogP contribution in [0.15, 0.2) is 47.4 Å². The van der Waals surface area contributed by atoms with Crippen molar-refractivity contribution < 1.29 is 23.1 Å². The maximum absolute atomic E-state index is 13.0. The molecule has 1 aliphatic rings. The summed E-state index contributed by atoms with van der Waals surface area (Å²) in [4.78, 5) is 27.7. The fourth-order valence-corrected chi connectivity index (χ4v) is 3.99. The summed E-state index contributed by atoms with van der Waals surface area (Å²) in [6, 6.07) is 10.3. The number of nitrogens with zero attached hydrogens (tertiary/aromatic N) is 1. The first-order chi connectivity index (χ1) is 13.9. The third kappa shape index (κ3) is 5.19. The minimum absolute atomic E-state index is 0.287. The molecule has 1 unspecified atom stereocenters. The van der Waals surface area contributed by atoms with Crippen molar-refractivity contribution in [2.75, 3.05) is 19.0 Å². The van der Waals surface area contributed by atoms with Crippen molar-refractivity contribution in [1.82, 2.24) is 4.90 Å². The van der Waals surface area contributed by atoms with E-state index in [0.717, 1.165) is 0 Å². The summed E-state index contributed by atoms with van der Waals surface area (Å²) in [5.41, 5.74) is 0.690. The van der Waals surface area contributed by atoms with Gasteiger partial charge in [-0.15, -0.1) is 0 Å². The second kappa shape index (κ2) is 9.45. The van der Waals surface area contributed by atoms with Gasteiger partial charge < -0.3 is 15.0 Å². The molecule has 1 atom stereocenters. The number of likely N-dealkylation sites (tertiary alicyclic amines) is 1. The predicted octanol–water partition coefficient (Wildman–Crippen LogP) is 4.91. The molecule has 0 aliphatic carbocycles. The zero-order valence-electron chi connectivity index (χ0n) is 15.5. The summed E-state index contributed by atoms with van der Waals surface area (Å²) in [6.45, 7) is 0.424. The molecule has 2 amide bonds. The molecule has 0 bridgehead atoms. The van der Waals surface area contributed by atoms with Crippen LogP contribution in [0.2, 0.25) is 5.02 Å². The van der Waals surface area contributed by atoms with Crippen molar-refractivity contribution in [2.24, 2.45) is 0 Å². The van der Waals surface area contributed by atoms with Crippen LogP contribution in [0.4, 0.5) is 14.5 Å². The lowest BCUT2D eigenvalue weighted by molar-refractivity contribution is -0.119. The molecule has 9 heteroatoms. The molecule has 154 valence electrons. The molecule has 0 saturated carbocycles. The fraction of sp³-hybridized carbons (Fsp3) is 0.300. The number of carbonyl (C=O) groups is 2. The summed E-state index contributed by atoms with van der Waals surface area (Å²) in [5.74, 6) is -2.88. The second-order valence-electron chi connectivity index (χ2n) is 6.40. The van der Waals surface area contributed by atoms with Crippen LogP contribution in [-0.2, 0) is 4.79 Å². The zero-order chi connectivity index (χ0) is 21.0. The van der Waals surface area contributed by atoms with E-state index in [2.05, 4.69) is 5.32 Å². The standard InChI is InChI=1S/C20H19ClF2N2O3S/c1-28-17-8-7-12(21)10-15(17)19(27)25-9-3-6-16(25)18(26)24-13-4-2-5-14(11-13)29-20(22)23/h2,4-5,7-8,10-11,16,20H,3,6,9H2,1H3,(H,24,26). The third-order valence-electron chi connectivity index (χ3n) is 4.53. The first-order valence-corrected chi connectivity index (χ1v) is 10.1. The number of benzene rings is 2. The molecule has 3 rings (SSSR count). The van der Waals surface area contributed by atoms with Gasteiger partial charge in [0.15, 0.2) is 0 Å². The molecule has 0 aromatic heterocycles. The maximum atomic E-state index is 13.0. The molecule has 2 aromatic carbocycles. The van der Waals surface area contributed by atoms with Crippen LogP contribution in [0.25, 0.3) is 0 Å². The molecular weight excluding hydrogens is 422 g/mol. The van der Waals surface area contributed by atoms with E-state index >= 15 is 0 Å². The number of nitrogens with one attached hydrogen (secondary N) is 1. The van der Waals surface area contributed by atoms with E-state index in [-0.39, 0.29) is 17.4 Å². The highest BCUT2D eigenvalue weighted by Gasteiger charge is 2.35. The first-order valence-electron chi connectivity index (χ1n) is 8.89. The number of alkyl halides is 2. The number of halogens is 3. The van der Waals surface area contributed by atoms with Crippen molar-refractivity contribution in [3.63, 3.8) is 0 Å². The number of amides is 2. The van der Waals surface area contributed by atoms with Gasteiger partial charge in [-0.3, -0.25) is 9.59 Å². The van der Waals surface area contributed by atoms with Crippen LogP contribution in [0.1, 0.15) is 23.2 Å². The Hall–Kier alpha value is -2.32. The normalized spacial score (nSPS) is 16.2. The Labute approximate surface area is 176 Å². The van der Waals surface area contributed by atoms with Gasteiger partial charge in [0.1, 0.15) is 11.8 Å². The van der Waals surface area contributed by atoms with Crippen molar-refractivity contribution in [2.45, 2.75) is 29.5 Å². The number of anilines is 1. The molecule has 0 radical (unpaired) electrons. The van der Waals surface area contributed by atoms with E-state index in [9.17, 15) is 18.4 Å². The lowest BCUT2D eigenvalue weighted by atomic mass is 10.1. The Bertz CT molecular complexity index is 913. The first kappa shape index (κ1) is 21.4. The van der Waals surface area contributed by atoms with Gasteiger partial charge in [-0.1, -0.05) is 29.4 Å². The predicted molar refractivity (Wildman–Crippen MR) is 109 cm³/mol. The number of rotatable bonds is 6. The third-order valence-corrected chi connectivity index (χ3v) is 5.47. The van der Waals surface area contributed by atoms with Crippen LogP contribution in [0.3, 0.4) is 0 Å². The SMILES string of the molecule is COc1ccc(Cl)cc1C(=O)N1CCCC1C(=O)Nc1cccc(SC(F)F)c1. The van der Waals surface area contributed by atoms with Crippen molar-refractivity contribution in [3.8, 4) is 5.75 Å². The van der Waals surface area contributed by atoms with Crippen LogP contribution >= 0.6 is 23.4 Å². The molecule has 2 aromatic rings. The molecule has 5 nitrogen and oxygen atoms in total. The van der Waals surface area contributed by atoms with Gasteiger partial charge in [-0.05, 0) is 49.2 Å². The lowest BCUT2D eigenvalue weighted by Gasteiger charge is -2.25. The molecule has 1 saturated heterocycles. The fourth-order valence-electron chi connectivity index (χ4n) is 3.26. The topological polar surface area (TPSA) is 58.6 Å². The molecule has 1 N–H and O–H groups in total. The highest BCUT2D eigenvalue weighted by atomic mass is 35.5. The minimum Gasteiger partial charge on any atom is -0.496 e. The van der Waals surface area contributed by atoms with Crippen LogP contribution < -0.4 is 10.1 Å². The summed E-state index contributed by atoms with van der Waals surface area (Å²) < 4.78 is 30.4. The highest BCUT2D eigenvalue weighted by Crippen LogP contribution is 2.30. The molecular formula is C20H19ClF2N2O3S. The zero-order valence-corrected chi connectivity index (χ0v) is 17.1. The average Bonchev–Trinajstić information content (AvgIpc) is 3.17. The van der Waals surface area contributed by atoms with Crippen molar-refractivity contribution in [1.29, 1.82) is 0 Å². The van der Waals surface area contributed by atoms with E-state index in [1.807, 2.05) is 0 Å². The van der Waals surface area contributed by atoms with E-state index in [1.165, 1.54) is 24.1 Å². The molecule has 0 spiro atoms. The molecule has 1 aliphatic heterocycles. The smallest absolute Gasteiger partial charge is 0.288 e. The average molecular weight is 441 g/mol. The second-order valence-corrected chi connectivity index (χ2v) is 7.90. The van der Waals surface area contributed by atoms with E-state index < -0.39 is 11.8 Å². The van der Waals surface area contributed by atoms with Gasteiger partial charge in [0, 0.05) is 22.2 Å². The Morgan fingerprint density at radius 2 is 2.07 bits per heavy atom. The largest absolute Gasteiger partial charge is 0.496 e. The van der Waals surface area contributed by atoms with Crippen LogP contribution in [-0.4, -0.2) is 42.2 Å². The van der Waals surface area contributed by atoms with Gasteiger partial charge >= 0.3 is 0 Å². The van der Waals surface area contributed by atoms with E-state index in [0.29, 0.717) is 52.5 Å². The molecule has 29 heavy (non-hydrogen) atoms. The van der Waals surface area contributed by atoms with Gasteiger partial charge in [0.25, 0.3) is 11.7 Å². The maximum Gasteiger partial charge on any atom is 0.288 e. The van der Waals surface area contributed by atoms with Gasteiger partial charge in [-0.2, -0.15) is 8.78 Å². The summed E-state index contributed by atoms with van der Waals surface area (Å²) in [6.07, 6.45) is 1.18. The number of hydrogen-bond acceptors (Lipinski definition) is 4.